The van der Waals surface area contributed by atoms with E-state index in [1.807, 2.05) is 0 Å². The molecule has 1 rings (SSSR count). The number of guanidine groups is 1. The molecule has 1 aromatic rings. The van der Waals surface area contributed by atoms with Crippen LogP contribution in [0, 0.1) is 5.92 Å². The number of nitrogens with zero attached hydrogens (tertiary/aromatic N) is 2. The van der Waals surface area contributed by atoms with Crippen molar-refractivity contribution in [3.05, 3.63) is 18.2 Å². The second kappa shape index (κ2) is 21.2. The number of carbonyl (C=O) groups is 8. The molecule has 278 valence electrons. The number of carboxylic acids is 3. The van der Waals surface area contributed by atoms with E-state index < -0.39 is 97.0 Å². The van der Waals surface area contributed by atoms with Crippen molar-refractivity contribution in [2.45, 2.75) is 82.6 Å². The van der Waals surface area contributed by atoms with Gasteiger partial charge in [-0.15, -0.1) is 0 Å². The Hall–Kier alpha value is -5.80. The second-order valence-electron chi connectivity index (χ2n) is 11.5. The van der Waals surface area contributed by atoms with E-state index in [1.165, 1.54) is 12.5 Å². The molecule has 0 aliphatic heterocycles. The number of aromatic nitrogens is 2. The zero-order valence-electron chi connectivity index (χ0n) is 27.5. The molecule has 22 heteroatoms. The van der Waals surface area contributed by atoms with Gasteiger partial charge in [-0.1, -0.05) is 13.8 Å². The Balaban J connectivity index is 3.23. The van der Waals surface area contributed by atoms with E-state index in [1.54, 1.807) is 13.8 Å². The van der Waals surface area contributed by atoms with E-state index in [9.17, 15) is 48.6 Å². The molecule has 0 aromatic carbocycles. The van der Waals surface area contributed by atoms with E-state index in [0.717, 1.165) is 0 Å². The van der Waals surface area contributed by atoms with Gasteiger partial charge in [0.1, 0.15) is 24.2 Å². The molecule has 0 saturated carbocycles. The van der Waals surface area contributed by atoms with E-state index in [2.05, 4.69) is 41.5 Å². The van der Waals surface area contributed by atoms with Crippen molar-refractivity contribution in [2.75, 3.05) is 13.1 Å². The maximum atomic E-state index is 13.5. The van der Waals surface area contributed by atoms with Gasteiger partial charge in [0.25, 0.3) is 0 Å². The number of aliphatic carboxylic acids is 3. The Kier molecular flexibility index (Phi) is 17.9. The number of hydrogen-bond acceptors (Lipinski definition) is 11. The summed E-state index contributed by atoms with van der Waals surface area (Å²) in [7, 11) is 0. The summed E-state index contributed by atoms with van der Waals surface area (Å²) < 4.78 is 0. The van der Waals surface area contributed by atoms with Crippen LogP contribution in [0.5, 0.6) is 0 Å². The molecule has 50 heavy (non-hydrogen) atoms. The lowest BCUT2D eigenvalue weighted by molar-refractivity contribution is -0.144. The van der Waals surface area contributed by atoms with Crippen molar-refractivity contribution in [1.82, 2.24) is 36.6 Å². The number of carbonyl (C=O) groups excluding carboxylic acids is 5. The molecule has 0 saturated heterocycles. The minimum Gasteiger partial charge on any atom is -0.481 e. The minimum absolute atomic E-state index is 0.0163. The van der Waals surface area contributed by atoms with Crippen molar-refractivity contribution < 1.29 is 53.7 Å². The van der Waals surface area contributed by atoms with E-state index >= 15 is 0 Å². The Labute approximate surface area is 285 Å². The molecule has 22 nitrogen and oxygen atoms in total. The van der Waals surface area contributed by atoms with Gasteiger partial charge in [0.05, 0.1) is 31.8 Å². The van der Waals surface area contributed by atoms with E-state index in [-0.39, 0.29) is 44.1 Å². The van der Waals surface area contributed by atoms with Gasteiger partial charge < -0.3 is 64.1 Å². The molecular formula is C28H45N11O11. The number of amides is 5. The first-order chi connectivity index (χ1) is 23.4. The number of hydrogen-bond donors (Lipinski definition) is 12. The normalized spacial score (nSPS) is 13.8. The molecule has 1 aromatic heterocycles. The highest BCUT2D eigenvalue weighted by Crippen LogP contribution is 2.08. The molecule has 0 fully saturated rings. The average Bonchev–Trinajstić information content (AvgIpc) is 3.52. The van der Waals surface area contributed by atoms with E-state index in [0.29, 0.717) is 5.69 Å². The highest BCUT2D eigenvalue weighted by atomic mass is 16.4. The van der Waals surface area contributed by atoms with Crippen molar-refractivity contribution in [1.29, 1.82) is 0 Å². The van der Waals surface area contributed by atoms with Crippen LogP contribution in [-0.4, -0.2) is 122 Å². The molecule has 15 N–H and O–H groups in total. The Morgan fingerprint density at radius 2 is 1.40 bits per heavy atom. The predicted molar refractivity (Wildman–Crippen MR) is 173 cm³/mol. The zero-order chi connectivity index (χ0) is 38.0. The maximum absolute atomic E-state index is 13.5. The quantitative estimate of drug-likeness (QED) is 0.0289. The summed E-state index contributed by atoms with van der Waals surface area (Å²) in [6.45, 7) is 2.78. The summed E-state index contributed by atoms with van der Waals surface area (Å²) in [5.74, 6) is -9.45. The van der Waals surface area contributed by atoms with Crippen molar-refractivity contribution >= 4 is 53.4 Å². The highest BCUT2D eigenvalue weighted by Gasteiger charge is 2.33. The highest BCUT2D eigenvalue weighted by molar-refractivity contribution is 5.97. The fourth-order valence-corrected chi connectivity index (χ4v) is 4.32. The van der Waals surface area contributed by atoms with Crippen LogP contribution < -0.4 is 43.8 Å². The molecule has 0 radical (unpaired) electrons. The first-order valence-corrected chi connectivity index (χ1v) is 15.3. The number of imidazole rings is 1. The van der Waals surface area contributed by atoms with Crippen LogP contribution in [0.25, 0.3) is 0 Å². The van der Waals surface area contributed by atoms with E-state index in [4.69, 9.17) is 22.3 Å². The largest absolute Gasteiger partial charge is 0.481 e. The van der Waals surface area contributed by atoms with Gasteiger partial charge in [-0.2, -0.15) is 0 Å². The number of aromatic amines is 1. The Morgan fingerprint density at radius 1 is 0.820 bits per heavy atom. The molecule has 5 atom stereocenters. The van der Waals surface area contributed by atoms with Gasteiger partial charge in [-0.3, -0.25) is 38.6 Å². The monoisotopic (exact) mass is 711 g/mol. The molecule has 0 aliphatic carbocycles. The van der Waals surface area contributed by atoms with Gasteiger partial charge >= 0.3 is 17.9 Å². The van der Waals surface area contributed by atoms with Crippen LogP contribution >= 0.6 is 0 Å². The van der Waals surface area contributed by atoms with Crippen LogP contribution in [0.15, 0.2) is 17.5 Å². The van der Waals surface area contributed by atoms with Gasteiger partial charge in [0, 0.05) is 24.9 Å². The standard InChI is InChI=1S/C28H45N11O11/c1-13(2)6-19(27(49)50)39-26(48)18(9-22(43)44)38-25(47)17(7-14-10-32-12-35-14)37-24(46)16(4-3-5-33-28(30)31)36-20(40)11-34-23(45)15(29)8-21(41)42/h10,12-13,15-19H,3-9,11,29H2,1-2H3,(H,32,35)(H,34,45)(H,36,40)(H,37,46)(H,38,47)(H,39,48)(H,41,42)(H,43,44)(H,49,50)(H4,30,31,33). The number of nitrogens with two attached hydrogens (primary N) is 3. The lowest BCUT2D eigenvalue weighted by Crippen LogP contribution is -2.59. The van der Waals surface area contributed by atoms with Crippen LogP contribution in [-0.2, 0) is 44.8 Å². The van der Waals surface area contributed by atoms with Gasteiger partial charge in [-0.25, -0.2) is 9.78 Å². The molecule has 0 aliphatic rings. The third kappa shape index (κ3) is 16.9. The van der Waals surface area contributed by atoms with Crippen LogP contribution in [0.4, 0.5) is 0 Å². The summed E-state index contributed by atoms with van der Waals surface area (Å²) in [4.78, 5) is 109. The number of carboxylic acid groups (broad SMARTS) is 3. The van der Waals surface area contributed by atoms with Crippen molar-refractivity contribution in [3.63, 3.8) is 0 Å². The first-order valence-electron chi connectivity index (χ1n) is 15.3. The number of nitrogens with one attached hydrogen (secondary N) is 6. The van der Waals surface area contributed by atoms with Gasteiger partial charge in [0.2, 0.25) is 29.5 Å². The lowest BCUT2D eigenvalue weighted by Gasteiger charge is -2.26. The molecular weight excluding hydrogens is 666 g/mol. The third-order valence-corrected chi connectivity index (χ3v) is 6.70. The maximum Gasteiger partial charge on any atom is 0.326 e. The van der Waals surface area contributed by atoms with Crippen molar-refractivity contribution in [2.24, 2.45) is 28.1 Å². The summed E-state index contributed by atoms with van der Waals surface area (Å²) in [5, 5.41) is 39.2. The third-order valence-electron chi connectivity index (χ3n) is 6.70. The fourth-order valence-electron chi connectivity index (χ4n) is 4.32. The summed E-state index contributed by atoms with van der Waals surface area (Å²) >= 11 is 0. The SMILES string of the molecule is CC(C)CC(NC(=O)C(CC(=O)O)NC(=O)C(Cc1cnc[nH]1)NC(=O)C(CCCN=C(N)N)NC(=O)CNC(=O)C(N)CC(=O)O)C(=O)O. The Morgan fingerprint density at radius 3 is 1.94 bits per heavy atom. The summed E-state index contributed by atoms with van der Waals surface area (Å²) in [5.41, 5.74) is 16.5. The minimum atomic E-state index is -1.75. The zero-order valence-corrected chi connectivity index (χ0v) is 27.5. The summed E-state index contributed by atoms with van der Waals surface area (Å²) in [6.07, 6.45) is 0.818. The molecule has 5 amide bonds. The number of aliphatic imine (C=N–C) groups is 1. The molecule has 1 heterocycles. The molecule has 0 bridgehead atoms. The number of H-pyrrole nitrogens is 1. The smallest absolute Gasteiger partial charge is 0.326 e. The lowest BCUT2D eigenvalue weighted by atomic mass is 10.0. The molecule has 5 unspecified atom stereocenters. The fraction of sp³-hybridized carbons (Fsp3) is 0.571. The van der Waals surface area contributed by atoms with Crippen molar-refractivity contribution in [3.8, 4) is 0 Å². The molecule has 0 spiro atoms. The van der Waals surface area contributed by atoms with Gasteiger partial charge in [-0.05, 0) is 25.2 Å². The average molecular weight is 712 g/mol. The van der Waals surface area contributed by atoms with Gasteiger partial charge in [0.15, 0.2) is 5.96 Å². The van der Waals surface area contributed by atoms with Crippen LogP contribution in [0.2, 0.25) is 0 Å². The second-order valence-corrected chi connectivity index (χ2v) is 11.5. The van der Waals surface area contributed by atoms with Crippen LogP contribution in [0.1, 0.15) is 51.6 Å². The Bertz CT molecular complexity index is 1380. The summed E-state index contributed by atoms with van der Waals surface area (Å²) in [6, 6.07) is -7.43. The first kappa shape index (κ1) is 42.2. The number of rotatable bonds is 23. The van der Waals surface area contributed by atoms with Crippen LogP contribution in [0.3, 0.4) is 0 Å². The topological polar surface area (TPSA) is 376 Å². The predicted octanol–water partition coefficient (Wildman–Crippen LogP) is -4.53.